The molecule has 3 rings (SSSR count). The summed E-state index contributed by atoms with van der Waals surface area (Å²) in [5.74, 6) is 0.740. The van der Waals surface area contributed by atoms with Gasteiger partial charge < -0.3 is 14.6 Å². The Morgan fingerprint density at radius 3 is 3.15 bits per heavy atom. The fourth-order valence-corrected chi connectivity index (χ4v) is 3.06. The molecular weight excluding hydrogens is 250 g/mol. The number of hydrogen-bond donors (Lipinski definition) is 1. The fourth-order valence-electron chi connectivity index (χ4n) is 3.06. The molecule has 2 aromatic rings. The van der Waals surface area contributed by atoms with Crippen molar-refractivity contribution in [2.75, 3.05) is 26.7 Å². The number of amides is 1. The Hall–Kier alpha value is -1.81. The van der Waals surface area contributed by atoms with Gasteiger partial charge in [0.1, 0.15) is 0 Å². The highest BCUT2D eigenvalue weighted by molar-refractivity contribution is 5.95. The normalized spacial score (nSPS) is 19.4. The van der Waals surface area contributed by atoms with E-state index in [9.17, 15) is 4.79 Å². The second-order valence-corrected chi connectivity index (χ2v) is 5.58. The smallest absolute Gasteiger partial charge is 0.255 e. The Kier molecular flexibility index (Phi) is 3.74. The number of hydrogen-bond acceptors (Lipinski definition) is 2. The lowest BCUT2D eigenvalue weighted by Gasteiger charge is -2.32. The van der Waals surface area contributed by atoms with Crippen LogP contribution in [0.2, 0.25) is 0 Å². The van der Waals surface area contributed by atoms with Crippen LogP contribution < -0.4 is 5.32 Å². The molecule has 0 aliphatic carbocycles. The number of fused-ring (bicyclic) bond motifs is 1. The third-order valence-electron chi connectivity index (χ3n) is 4.05. The Bertz CT molecular complexity index is 570. The van der Waals surface area contributed by atoms with Crippen LogP contribution in [-0.2, 0) is 0 Å². The molecule has 4 nitrogen and oxygen atoms in total. The molecule has 1 atom stereocenters. The van der Waals surface area contributed by atoms with Crippen molar-refractivity contribution in [3.63, 3.8) is 0 Å². The van der Waals surface area contributed by atoms with E-state index in [0.29, 0.717) is 5.92 Å². The molecule has 1 aliphatic rings. The minimum atomic E-state index is 0.162. The van der Waals surface area contributed by atoms with Gasteiger partial charge in [0, 0.05) is 31.0 Å². The third kappa shape index (κ3) is 2.56. The zero-order chi connectivity index (χ0) is 13.9. The van der Waals surface area contributed by atoms with Gasteiger partial charge in [-0.3, -0.25) is 4.79 Å². The van der Waals surface area contributed by atoms with E-state index in [-0.39, 0.29) is 5.91 Å². The first-order valence-electron chi connectivity index (χ1n) is 7.28. The first-order valence-corrected chi connectivity index (χ1v) is 7.28. The second kappa shape index (κ2) is 5.67. The average molecular weight is 271 g/mol. The highest BCUT2D eigenvalue weighted by atomic mass is 16.2. The van der Waals surface area contributed by atoms with Gasteiger partial charge in [-0.05, 0) is 50.6 Å². The lowest BCUT2D eigenvalue weighted by Crippen LogP contribution is -2.42. The zero-order valence-corrected chi connectivity index (χ0v) is 11.9. The summed E-state index contributed by atoms with van der Waals surface area (Å²) >= 11 is 0. The summed E-state index contributed by atoms with van der Waals surface area (Å²) in [6, 6.07) is 7.97. The SMILES string of the molecule is CNC[C@H]1CCCN(C(=O)c2cc3ccccn3c2)C1. The monoisotopic (exact) mass is 271 g/mol. The molecule has 0 radical (unpaired) electrons. The second-order valence-electron chi connectivity index (χ2n) is 5.58. The van der Waals surface area contributed by atoms with Crippen molar-refractivity contribution < 1.29 is 4.79 Å². The highest BCUT2D eigenvalue weighted by Crippen LogP contribution is 2.19. The summed E-state index contributed by atoms with van der Waals surface area (Å²) in [5.41, 5.74) is 1.86. The molecule has 3 heterocycles. The Balaban J connectivity index is 1.77. The van der Waals surface area contributed by atoms with Crippen LogP contribution >= 0.6 is 0 Å². The van der Waals surface area contributed by atoms with Crippen LogP contribution in [0.3, 0.4) is 0 Å². The highest BCUT2D eigenvalue weighted by Gasteiger charge is 2.24. The minimum Gasteiger partial charge on any atom is -0.338 e. The molecular formula is C16H21N3O. The molecule has 0 saturated carbocycles. The van der Waals surface area contributed by atoms with Crippen LogP contribution in [0.15, 0.2) is 36.7 Å². The topological polar surface area (TPSA) is 36.8 Å². The summed E-state index contributed by atoms with van der Waals surface area (Å²) < 4.78 is 2.00. The summed E-state index contributed by atoms with van der Waals surface area (Å²) in [5, 5.41) is 3.22. The molecule has 1 N–H and O–H groups in total. The maximum Gasteiger partial charge on any atom is 0.255 e. The van der Waals surface area contributed by atoms with Crippen molar-refractivity contribution in [1.29, 1.82) is 0 Å². The molecule has 0 unspecified atom stereocenters. The molecule has 0 spiro atoms. The standard InChI is InChI=1S/C16H21N3O/c1-17-10-13-5-4-8-19(11-13)16(20)14-9-15-6-2-3-7-18(15)12-14/h2-3,6-7,9,12-13,17H,4-5,8,10-11H2,1H3/t13-/m1/s1. The number of carbonyl (C=O) groups excluding carboxylic acids is 1. The van der Waals surface area contributed by atoms with Crippen molar-refractivity contribution in [2.24, 2.45) is 5.92 Å². The predicted octanol–water partition coefficient (Wildman–Crippen LogP) is 2.01. The molecule has 1 amide bonds. The lowest BCUT2D eigenvalue weighted by atomic mass is 9.97. The van der Waals surface area contributed by atoms with E-state index >= 15 is 0 Å². The molecule has 0 bridgehead atoms. The van der Waals surface area contributed by atoms with E-state index in [4.69, 9.17) is 0 Å². The summed E-state index contributed by atoms with van der Waals surface area (Å²) in [6.07, 6.45) is 6.22. The van der Waals surface area contributed by atoms with Gasteiger partial charge in [-0.2, -0.15) is 0 Å². The number of aromatic nitrogens is 1. The molecule has 0 aromatic carbocycles. The number of carbonyl (C=O) groups is 1. The molecule has 106 valence electrons. The van der Waals surface area contributed by atoms with E-state index in [0.717, 1.165) is 37.1 Å². The average Bonchev–Trinajstić information content (AvgIpc) is 2.91. The van der Waals surface area contributed by atoms with E-state index in [2.05, 4.69) is 5.32 Å². The molecule has 20 heavy (non-hydrogen) atoms. The third-order valence-corrected chi connectivity index (χ3v) is 4.05. The molecule has 1 saturated heterocycles. The van der Waals surface area contributed by atoms with Gasteiger partial charge in [-0.25, -0.2) is 0 Å². The lowest BCUT2D eigenvalue weighted by molar-refractivity contribution is 0.0674. The Morgan fingerprint density at radius 1 is 1.45 bits per heavy atom. The quantitative estimate of drug-likeness (QED) is 0.927. The maximum absolute atomic E-state index is 12.6. The molecule has 2 aromatic heterocycles. The largest absolute Gasteiger partial charge is 0.338 e. The van der Waals surface area contributed by atoms with Crippen LogP contribution in [-0.4, -0.2) is 41.9 Å². The molecule has 1 fully saturated rings. The summed E-state index contributed by atoms with van der Waals surface area (Å²) in [6.45, 7) is 2.73. The first-order chi connectivity index (χ1) is 9.78. The van der Waals surface area contributed by atoms with Crippen molar-refractivity contribution in [3.05, 3.63) is 42.2 Å². The van der Waals surface area contributed by atoms with Crippen LogP contribution in [0.25, 0.3) is 5.52 Å². The summed E-state index contributed by atoms with van der Waals surface area (Å²) in [4.78, 5) is 14.6. The van der Waals surface area contributed by atoms with Gasteiger partial charge in [0.25, 0.3) is 5.91 Å². The first kappa shape index (κ1) is 13.2. The maximum atomic E-state index is 12.6. The van der Waals surface area contributed by atoms with Gasteiger partial charge in [-0.15, -0.1) is 0 Å². The zero-order valence-electron chi connectivity index (χ0n) is 11.9. The van der Waals surface area contributed by atoms with Gasteiger partial charge in [0.15, 0.2) is 0 Å². The van der Waals surface area contributed by atoms with Crippen molar-refractivity contribution in [2.45, 2.75) is 12.8 Å². The fraction of sp³-hybridized carbons (Fsp3) is 0.438. The number of rotatable bonds is 3. The number of nitrogens with zero attached hydrogens (tertiary/aromatic N) is 2. The van der Waals surface area contributed by atoms with Gasteiger partial charge >= 0.3 is 0 Å². The van der Waals surface area contributed by atoms with Crippen LogP contribution in [0.5, 0.6) is 0 Å². The molecule has 4 heteroatoms. The van der Waals surface area contributed by atoms with E-state index in [1.807, 2.05) is 53.0 Å². The number of pyridine rings is 1. The number of likely N-dealkylation sites (tertiary alicyclic amines) is 1. The Morgan fingerprint density at radius 2 is 2.35 bits per heavy atom. The van der Waals surface area contributed by atoms with Crippen LogP contribution in [0, 0.1) is 5.92 Å². The van der Waals surface area contributed by atoms with E-state index in [1.165, 1.54) is 6.42 Å². The Labute approximate surface area is 119 Å². The minimum absolute atomic E-state index is 0.162. The van der Waals surface area contributed by atoms with Gasteiger partial charge in [-0.1, -0.05) is 6.07 Å². The van der Waals surface area contributed by atoms with Crippen molar-refractivity contribution >= 4 is 11.4 Å². The van der Waals surface area contributed by atoms with Crippen LogP contribution in [0.4, 0.5) is 0 Å². The van der Waals surface area contributed by atoms with E-state index in [1.54, 1.807) is 0 Å². The predicted molar refractivity (Wildman–Crippen MR) is 80.0 cm³/mol. The van der Waals surface area contributed by atoms with Gasteiger partial charge in [0.05, 0.1) is 5.56 Å². The molecule has 1 aliphatic heterocycles. The van der Waals surface area contributed by atoms with Crippen molar-refractivity contribution in [1.82, 2.24) is 14.6 Å². The van der Waals surface area contributed by atoms with Crippen molar-refractivity contribution in [3.8, 4) is 0 Å². The number of piperidine rings is 1. The van der Waals surface area contributed by atoms with E-state index < -0.39 is 0 Å². The summed E-state index contributed by atoms with van der Waals surface area (Å²) in [7, 11) is 1.97. The van der Waals surface area contributed by atoms with Crippen LogP contribution in [0.1, 0.15) is 23.2 Å². The van der Waals surface area contributed by atoms with Gasteiger partial charge in [0.2, 0.25) is 0 Å². The number of nitrogens with one attached hydrogen (secondary N) is 1.